The van der Waals surface area contributed by atoms with E-state index in [0.29, 0.717) is 41.5 Å². The van der Waals surface area contributed by atoms with Crippen molar-refractivity contribution in [1.29, 1.82) is 0 Å². The van der Waals surface area contributed by atoms with E-state index in [2.05, 4.69) is 20.3 Å². The molecule has 1 saturated heterocycles. The smallest absolute Gasteiger partial charge is 0.405 e. The van der Waals surface area contributed by atoms with Gasteiger partial charge in [-0.3, -0.25) is 19.1 Å². The van der Waals surface area contributed by atoms with Crippen LogP contribution in [0.3, 0.4) is 0 Å². The molecule has 2 saturated carbocycles. The molecule has 3 heterocycles. The van der Waals surface area contributed by atoms with Gasteiger partial charge in [0.1, 0.15) is 23.7 Å². The molecular weight excluding hydrogens is 726 g/mol. The van der Waals surface area contributed by atoms with Gasteiger partial charge in [0.25, 0.3) is 5.91 Å². The van der Waals surface area contributed by atoms with E-state index in [9.17, 15) is 32.7 Å². The number of carbonyl (C=O) groups excluding carboxylic acids is 3. The predicted molar refractivity (Wildman–Crippen MR) is 197 cm³/mol. The number of benzene rings is 1. The summed E-state index contributed by atoms with van der Waals surface area (Å²) in [5.74, 6) is -2.48. The molecule has 2 aliphatic heterocycles. The number of allylic oxidation sites excluding steroid dienone is 1. The molecule has 4 amide bonds. The summed E-state index contributed by atoms with van der Waals surface area (Å²) in [6.45, 7) is 9.00. The molecule has 0 bridgehead atoms. The van der Waals surface area contributed by atoms with Crippen LogP contribution in [0, 0.1) is 17.8 Å². The molecule has 0 unspecified atom stereocenters. The molecule has 14 nitrogen and oxygen atoms in total. The summed E-state index contributed by atoms with van der Waals surface area (Å²) in [6, 6.07) is 4.58. The zero-order valence-corrected chi connectivity index (χ0v) is 32.1. The second-order valence-corrected chi connectivity index (χ2v) is 18.3. The number of amides is 4. The number of hydrogen-bond acceptors (Lipinski definition) is 9. The first-order valence-electron chi connectivity index (χ1n) is 18.2. The van der Waals surface area contributed by atoms with Crippen LogP contribution >= 0.6 is 11.6 Å². The van der Waals surface area contributed by atoms with Crippen molar-refractivity contribution >= 4 is 56.2 Å². The van der Waals surface area contributed by atoms with Crippen LogP contribution < -0.4 is 24.8 Å². The molecule has 2 aromatic rings. The van der Waals surface area contributed by atoms with Gasteiger partial charge in [-0.2, -0.15) is 4.98 Å². The van der Waals surface area contributed by atoms with Gasteiger partial charge in [-0.1, -0.05) is 43.7 Å². The predicted octanol–water partition coefficient (Wildman–Crippen LogP) is 4.55. The van der Waals surface area contributed by atoms with Crippen molar-refractivity contribution in [2.45, 2.75) is 114 Å². The molecule has 0 radical (unpaired) electrons. The molecule has 0 spiro atoms. The monoisotopic (exact) mass is 773 g/mol. The highest BCUT2D eigenvalue weighted by molar-refractivity contribution is 7.91. The molecule has 4 aliphatic rings. The lowest BCUT2D eigenvalue weighted by atomic mass is 9.88. The van der Waals surface area contributed by atoms with Gasteiger partial charge < -0.3 is 30.1 Å². The third-order valence-corrected chi connectivity index (χ3v) is 13.4. The number of sulfonamides is 1. The van der Waals surface area contributed by atoms with Gasteiger partial charge in [0.15, 0.2) is 0 Å². The maximum atomic E-state index is 14.4. The summed E-state index contributed by atoms with van der Waals surface area (Å²) >= 11 is 6.55. The Labute approximate surface area is 314 Å². The van der Waals surface area contributed by atoms with Crippen LogP contribution in [0.4, 0.5) is 4.79 Å². The number of halogens is 1. The average molecular weight is 774 g/mol. The Hall–Kier alpha value is -4.11. The van der Waals surface area contributed by atoms with E-state index in [1.807, 2.05) is 32.9 Å². The zero-order chi connectivity index (χ0) is 38.5. The molecule has 1 aromatic carbocycles. The van der Waals surface area contributed by atoms with E-state index in [1.54, 1.807) is 38.1 Å². The molecule has 16 heteroatoms. The summed E-state index contributed by atoms with van der Waals surface area (Å²) in [5, 5.41) is 16.7. The maximum absolute atomic E-state index is 14.4. The summed E-state index contributed by atoms with van der Waals surface area (Å²) in [5.41, 5.74) is -1.56. The first-order valence-corrected chi connectivity index (χ1v) is 20.1. The number of carbonyl (C=O) groups is 4. The Morgan fingerprint density at radius 3 is 2.57 bits per heavy atom. The van der Waals surface area contributed by atoms with E-state index < -0.39 is 74.1 Å². The second-order valence-electron chi connectivity index (χ2n) is 15.7. The number of nitrogens with one attached hydrogen (secondary N) is 3. The Balaban J connectivity index is 1.36. The van der Waals surface area contributed by atoms with Crippen LogP contribution in [0.2, 0.25) is 5.02 Å². The van der Waals surface area contributed by atoms with E-state index in [4.69, 9.17) is 21.1 Å². The van der Waals surface area contributed by atoms with Gasteiger partial charge in [-0.05, 0) is 83.3 Å². The topological polar surface area (TPSA) is 193 Å². The number of ether oxygens (including phenoxy) is 2. The van der Waals surface area contributed by atoms with Crippen LogP contribution in [0.5, 0.6) is 11.8 Å². The van der Waals surface area contributed by atoms with Crippen LogP contribution in [-0.4, -0.2) is 88.3 Å². The molecular formula is C37H48ClN5O9S. The SMILES string of the molecule is CC(C)Oc1cc2c(Cl)cccc2c(O[C@@H]2C[C@H]3C(=O)N[C@]4(C(=O)NS(=O)(=O)C5(C)CC5)C[C@H]4C=CCC[C@@H](C)C[C@@H](C)[C@H](NC(=O)O)C(=O)N3C2)n1. The minimum absolute atomic E-state index is 0.0320. The summed E-state index contributed by atoms with van der Waals surface area (Å²) < 4.78 is 39.8. The minimum Gasteiger partial charge on any atom is -0.475 e. The highest BCUT2D eigenvalue weighted by Crippen LogP contribution is 2.47. The fourth-order valence-electron chi connectivity index (χ4n) is 7.47. The number of rotatable bonds is 8. The molecule has 4 N–H and O–H groups in total. The fraction of sp³-hybridized carbons (Fsp3) is 0.595. The van der Waals surface area contributed by atoms with E-state index >= 15 is 0 Å². The Morgan fingerprint density at radius 2 is 1.89 bits per heavy atom. The third-order valence-electron chi connectivity index (χ3n) is 10.9. The standard InChI is InChI=1S/C37H48ClN5O9S/c1-20(2)51-29-17-26-25(11-8-12-27(26)38)32(39-29)52-24-16-28-31(44)41-37(34(46)42-53(49,50)36(5)13-14-36)18-23(37)10-7-6-9-21(3)15-22(4)30(40-35(47)48)33(45)43(28)19-24/h7-8,10-12,17,20-24,28,30,40H,6,9,13-16,18-19H2,1-5H3,(H,41,44)(H,42,46)(H,47,48)/t21-,22-,23-,24-,28+,30+,37-/m1/s1. The molecule has 7 atom stereocenters. The first-order chi connectivity index (χ1) is 24.9. The van der Waals surface area contributed by atoms with Crippen LogP contribution in [0.25, 0.3) is 10.8 Å². The van der Waals surface area contributed by atoms with Crippen molar-refractivity contribution in [1.82, 2.24) is 25.2 Å². The lowest BCUT2D eigenvalue weighted by molar-refractivity contribution is -0.142. The molecule has 1 aromatic heterocycles. The second kappa shape index (κ2) is 14.6. The fourth-order valence-corrected chi connectivity index (χ4v) is 9.01. The summed E-state index contributed by atoms with van der Waals surface area (Å²) in [7, 11) is -4.01. The van der Waals surface area contributed by atoms with Crippen molar-refractivity contribution in [3.63, 3.8) is 0 Å². The minimum atomic E-state index is -4.01. The van der Waals surface area contributed by atoms with Gasteiger partial charge in [0.2, 0.25) is 33.6 Å². The van der Waals surface area contributed by atoms with Gasteiger partial charge in [-0.15, -0.1) is 0 Å². The van der Waals surface area contributed by atoms with Crippen molar-refractivity contribution in [3.8, 4) is 11.8 Å². The Morgan fingerprint density at radius 1 is 1.15 bits per heavy atom. The highest BCUT2D eigenvalue weighted by atomic mass is 35.5. The van der Waals surface area contributed by atoms with E-state index in [-0.39, 0.29) is 43.2 Å². The lowest BCUT2D eigenvalue weighted by Gasteiger charge is -2.32. The van der Waals surface area contributed by atoms with E-state index in [0.717, 1.165) is 6.42 Å². The highest BCUT2D eigenvalue weighted by Gasteiger charge is 2.63. The van der Waals surface area contributed by atoms with Gasteiger partial charge in [-0.25, -0.2) is 13.2 Å². The van der Waals surface area contributed by atoms with Gasteiger partial charge in [0.05, 0.1) is 17.4 Å². The number of aromatic nitrogens is 1. The normalized spacial score (nSPS) is 30.0. The van der Waals surface area contributed by atoms with Gasteiger partial charge >= 0.3 is 6.09 Å². The number of carboxylic acid groups (broad SMARTS) is 1. The molecule has 53 heavy (non-hydrogen) atoms. The summed E-state index contributed by atoms with van der Waals surface area (Å²) in [4.78, 5) is 60.6. The van der Waals surface area contributed by atoms with Gasteiger partial charge in [0, 0.05) is 34.2 Å². The van der Waals surface area contributed by atoms with Crippen LogP contribution in [0.1, 0.15) is 79.6 Å². The van der Waals surface area contributed by atoms with E-state index in [1.165, 1.54) is 4.90 Å². The molecule has 2 aliphatic carbocycles. The van der Waals surface area contributed by atoms with Crippen molar-refractivity contribution in [2.24, 2.45) is 17.8 Å². The molecule has 288 valence electrons. The largest absolute Gasteiger partial charge is 0.475 e. The lowest BCUT2D eigenvalue weighted by Crippen LogP contribution is -2.59. The zero-order valence-electron chi connectivity index (χ0n) is 30.6. The van der Waals surface area contributed by atoms with Crippen molar-refractivity contribution < 1.29 is 42.2 Å². The number of fused-ring (bicyclic) bond motifs is 3. The number of nitrogens with zero attached hydrogens (tertiary/aromatic N) is 2. The third kappa shape index (κ3) is 8.06. The molecule has 6 rings (SSSR count). The Bertz CT molecular complexity index is 1940. The van der Waals surface area contributed by atoms with Crippen molar-refractivity contribution in [3.05, 3.63) is 41.4 Å². The number of hydrogen-bond donors (Lipinski definition) is 4. The van der Waals surface area contributed by atoms with Crippen LogP contribution in [0.15, 0.2) is 36.4 Å². The van der Waals surface area contributed by atoms with Crippen LogP contribution in [-0.2, 0) is 24.4 Å². The summed E-state index contributed by atoms with van der Waals surface area (Å²) in [6.07, 6.45) is 4.25. The maximum Gasteiger partial charge on any atom is 0.405 e. The first kappa shape index (κ1) is 38.6. The Kier molecular flexibility index (Phi) is 10.6. The quantitative estimate of drug-likeness (QED) is 0.277. The number of pyridine rings is 1. The average Bonchev–Trinajstić information content (AvgIpc) is 3.95. The van der Waals surface area contributed by atoms with Crippen molar-refractivity contribution in [2.75, 3.05) is 6.54 Å². The molecule has 3 fully saturated rings.